The fraction of sp³-hybridized carbons (Fsp3) is 0. The molecule has 3 aromatic rings. The van der Waals surface area contributed by atoms with E-state index < -0.39 is 0 Å². The molecule has 0 amide bonds. The highest BCUT2D eigenvalue weighted by Crippen LogP contribution is 2.29. The van der Waals surface area contributed by atoms with Gasteiger partial charge in [0.1, 0.15) is 0 Å². The van der Waals surface area contributed by atoms with Crippen molar-refractivity contribution in [3.05, 3.63) is 63.1 Å². The molecule has 0 radical (unpaired) electrons. The minimum Gasteiger partial charge on any atom is -0.264 e. The SMILES string of the molecule is S=c1[nH]nc(-c2ccc(Cl)cc2Cl)n1/N=C/c1cccnc1. The number of aromatic amines is 1. The zero-order valence-corrected chi connectivity index (χ0v) is 13.4. The number of aromatic nitrogens is 4. The zero-order chi connectivity index (χ0) is 15.5. The highest BCUT2D eigenvalue weighted by atomic mass is 35.5. The van der Waals surface area contributed by atoms with Gasteiger partial charge in [-0.05, 0) is 36.5 Å². The minimum absolute atomic E-state index is 0.362. The Morgan fingerprint density at radius 2 is 2.14 bits per heavy atom. The van der Waals surface area contributed by atoms with Gasteiger partial charge in [0.2, 0.25) is 4.77 Å². The minimum atomic E-state index is 0.362. The molecule has 0 aliphatic carbocycles. The van der Waals surface area contributed by atoms with Crippen LogP contribution in [-0.4, -0.2) is 26.1 Å². The Kier molecular flexibility index (Phi) is 4.33. The van der Waals surface area contributed by atoms with Crippen LogP contribution in [0.4, 0.5) is 0 Å². The van der Waals surface area contributed by atoms with Crippen molar-refractivity contribution in [2.75, 3.05) is 0 Å². The van der Waals surface area contributed by atoms with Gasteiger partial charge >= 0.3 is 0 Å². The number of benzene rings is 1. The number of hydrogen-bond donors (Lipinski definition) is 1. The number of halogens is 2. The molecule has 0 aliphatic heterocycles. The third-order valence-electron chi connectivity index (χ3n) is 2.83. The van der Waals surface area contributed by atoms with E-state index >= 15 is 0 Å². The molecule has 22 heavy (non-hydrogen) atoms. The van der Waals surface area contributed by atoms with Crippen LogP contribution in [0.5, 0.6) is 0 Å². The molecule has 0 atom stereocenters. The van der Waals surface area contributed by atoms with Crippen molar-refractivity contribution in [3.8, 4) is 11.4 Å². The predicted molar refractivity (Wildman–Crippen MR) is 90.1 cm³/mol. The van der Waals surface area contributed by atoms with Crippen molar-refractivity contribution in [1.29, 1.82) is 0 Å². The van der Waals surface area contributed by atoms with Crippen LogP contribution in [0.1, 0.15) is 5.56 Å². The van der Waals surface area contributed by atoms with Crippen LogP contribution in [0.3, 0.4) is 0 Å². The Balaban J connectivity index is 2.05. The van der Waals surface area contributed by atoms with Gasteiger partial charge in [-0.15, -0.1) is 0 Å². The summed E-state index contributed by atoms with van der Waals surface area (Å²) >= 11 is 17.3. The summed E-state index contributed by atoms with van der Waals surface area (Å²) in [4.78, 5) is 4.03. The third kappa shape index (κ3) is 3.09. The average molecular weight is 350 g/mol. The van der Waals surface area contributed by atoms with Crippen LogP contribution >= 0.6 is 35.4 Å². The van der Waals surface area contributed by atoms with Gasteiger partial charge in [0.15, 0.2) is 5.82 Å². The lowest BCUT2D eigenvalue weighted by Crippen LogP contribution is -1.95. The van der Waals surface area contributed by atoms with Gasteiger partial charge in [0, 0.05) is 28.5 Å². The van der Waals surface area contributed by atoms with Crippen LogP contribution in [-0.2, 0) is 0 Å². The van der Waals surface area contributed by atoms with Crippen molar-refractivity contribution in [1.82, 2.24) is 19.9 Å². The Labute approximate surface area is 141 Å². The van der Waals surface area contributed by atoms with Crippen LogP contribution in [0.2, 0.25) is 10.0 Å². The Morgan fingerprint density at radius 3 is 2.86 bits per heavy atom. The summed E-state index contributed by atoms with van der Waals surface area (Å²) in [5, 5.41) is 12.2. The summed E-state index contributed by atoms with van der Waals surface area (Å²) in [6.45, 7) is 0. The number of pyridine rings is 1. The molecular weight excluding hydrogens is 341 g/mol. The van der Waals surface area contributed by atoms with Crippen LogP contribution < -0.4 is 0 Å². The maximum absolute atomic E-state index is 6.21. The topological polar surface area (TPSA) is 58.9 Å². The second kappa shape index (κ2) is 6.39. The molecule has 0 saturated carbocycles. The van der Waals surface area contributed by atoms with E-state index in [0.717, 1.165) is 5.56 Å². The number of nitrogens with zero attached hydrogens (tertiary/aromatic N) is 4. The first-order valence-corrected chi connectivity index (χ1v) is 7.39. The fourth-order valence-corrected chi connectivity index (χ4v) is 2.49. The van der Waals surface area contributed by atoms with E-state index in [1.165, 1.54) is 4.68 Å². The largest absolute Gasteiger partial charge is 0.264 e. The van der Waals surface area contributed by atoms with Crippen molar-refractivity contribution in [3.63, 3.8) is 0 Å². The lowest BCUT2D eigenvalue weighted by molar-refractivity contribution is 0.871. The summed E-state index contributed by atoms with van der Waals surface area (Å²) in [6.07, 6.45) is 5.04. The van der Waals surface area contributed by atoms with Crippen molar-refractivity contribution in [2.24, 2.45) is 5.10 Å². The Bertz CT molecular complexity index is 886. The van der Waals surface area contributed by atoms with E-state index in [9.17, 15) is 0 Å². The van der Waals surface area contributed by atoms with E-state index in [-0.39, 0.29) is 0 Å². The first-order chi connectivity index (χ1) is 10.6. The van der Waals surface area contributed by atoms with Gasteiger partial charge in [-0.2, -0.15) is 14.9 Å². The summed E-state index contributed by atoms with van der Waals surface area (Å²) in [6, 6.07) is 8.86. The normalized spacial score (nSPS) is 11.2. The maximum atomic E-state index is 6.21. The Hall–Kier alpha value is -2.02. The van der Waals surface area contributed by atoms with Crippen LogP contribution in [0, 0.1) is 4.77 Å². The lowest BCUT2D eigenvalue weighted by Gasteiger charge is -2.03. The highest BCUT2D eigenvalue weighted by molar-refractivity contribution is 7.71. The van der Waals surface area contributed by atoms with E-state index in [1.54, 1.807) is 36.8 Å². The molecular formula is C14H9Cl2N5S. The molecule has 8 heteroatoms. The fourth-order valence-electron chi connectivity index (χ4n) is 1.82. The van der Waals surface area contributed by atoms with E-state index in [4.69, 9.17) is 35.4 Å². The first-order valence-electron chi connectivity index (χ1n) is 6.22. The van der Waals surface area contributed by atoms with Gasteiger partial charge < -0.3 is 0 Å². The summed E-state index contributed by atoms with van der Waals surface area (Å²) < 4.78 is 1.86. The molecule has 1 N–H and O–H groups in total. The lowest BCUT2D eigenvalue weighted by atomic mass is 10.2. The first kappa shape index (κ1) is 14.9. The number of H-pyrrole nitrogens is 1. The standard InChI is InChI=1S/C14H9Cl2N5S/c15-10-3-4-11(12(16)6-10)13-19-20-14(22)21(13)18-8-9-2-1-5-17-7-9/h1-8H,(H,20,22)/b18-8+. The molecule has 1 aromatic carbocycles. The van der Waals surface area contributed by atoms with Gasteiger partial charge in [0.25, 0.3) is 0 Å². The smallest absolute Gasteiger partial charge is 0.216 e. The van der Waals surface area contributed by atoms with Gasteiger partial charge in [-0.1, -0.05) is 29.3 Å². The van der Waals surface area contributed by atoms with Crippen molar-refractivity contribution in [2.45, 2.75) is 0 Å². The number of hydrogen-bond acceptors (Lipinski definition) is 4. The molecule has 0 bridgehead atoms. The second-order valence-corrected chi connectivity index (χ2v) is 5.55. The van der Waals surface area contributed by atoms with E-state index in [1.807, 2.05) is 12.1 Å². The predicted octanol–water partition coefficient (Wildman–Crippen LogP) is 4.19. The number of rotatable bonds is 3. The summed E-state index contributed by atoms with van der Waals surface area (Å²) in [7, 11) is 0. The van der Waals surface area contributed by atoms with Crippen molar-refractivity contribution >= 4 is 41.6 Å². The molecule has 0 aliphatic rings. The van der Waals surface area contributed by atoms with Gasteiger partial charge in [-0.3, -0.25) is 4.98 Å². The highest BCUT2D eigenvalue weighted by Gasteiger charge is 2.12. The van der Waals surface area contributed by atoms with E-state index in [2.05, 4.69) is 20.3 Å². The molecule has 0 saturated heterocycles. The molecule has 2 heterocycles. The van der Waals surface area contributed by atoms with Crippen molar-refractivity contribution < 1.29 is 0 Å². The van der Waals surface area contributed by atoms with Crippen LogP contribution in [0.15, 0.2) is 47.8 Å². The molecule has 0 fully saturated rings. The van der Waals surface area contributed by atoms with Crippen LogP contribution in [0.25, 0.3) is 11.4 Å². The van der Waals surface area contributed by atoms with E-state index in [0.29, 0.717) is 26.2 Å². The zero-order valence-electron chi connectivity index (χ0n) is 11.1. The molecule has 2 aromatic heterocycles. The quantitative estimate of drug-likeness (QED) is 0.569. The molecule has 110 valence electrons. The molecule has 3 rings (SSSR count). The molecule has 0 unspecified atom stereocenters. The molecule has 5 nitrogen and oxygen atoms in total. The third-order valence-corrected chi connectivity index (χ3v) is 3.64. The van der Waals surface area contributed by atoms with Gasteiger partial charge in [0.05, 0.1) is 11.2 Å². The average Bonchev–Trinajstić information content (AvgIpc) is 2.87. The monoisotopic (exact) mass is 349 g/mol. The van der Waals surface area contributed by atoms with Gasteiger partial charge in [-0.25, -0.2) is 5.10 Å². The number of nitrogens with one attached hydrogen (secondary N) is 1. The maximum Gasteiger partial charge on any atom is 0.216 e. The molecule has 0 spiro atoms. The summed E-state index contributed by atoms with van der Waals surface area (Å²) in [5.41, 5.74) is 1.53. The second-order valence-electron chi connectivity index (χ2n) is 4.32. The summed E-state index contributed by atoms with van der Waals surface area (Å²) in [5.74, 6) is 0.506. The Morgan fingerprint density at radius 1 is 1.27 bits per heavy atom.